The van der Waals surface area contributed by atoms with Gasteiger partial charge in [-0.1, -0.05) is 25.1 Å². The van der Waals surface area contributed by atoms with Crippen LogP contribution in [0.15, 0.2) is 18.2 Å². The number of benzene rings is 1. The topological polar surface area (TPSA) is 20.3 Å². The van der Waals surface area contributed by atoms with E-state index in [0.29, 0.717) is 12.2 Å². The summed E-state index contributed by atoms with van der Waals surface area (Å²) < 4.78 is 0. The molecule has 0 N–H and O–H groups in total. The molecule has 0 radical (unpaired) electrons. The van der Waals surface area contributed by atoms with Crippen molar-refractivity contribution in [1.29, 1.82) is 0 Å². The fraction of sp³-hybridized carbons (Fsp3) is 0.632. The Morgan fingerprint density at radius 3 is 2.33 bits per heavy atom. The Balaban J connectivity index is 2.17. The van der Waals surface area contributed by atoms with E-state index in [4.69, 9.17) is 0 Å². The minimum absolute atomic E-state index is 0.245. The van der Waals surface area contributed by atoms with Gasteiger partial charge in [0.25, 0.3) is 0 Å². The number of carbonyl (C=O) groups excluding carboxylic acids is 1. The van der Waals surface area contributed by atoms with Crippen LogP contribution in [0.2, 0.25) is 0 Å². The van der Waals surface area contributed by atoms with Crippen molar-refractivity contribution < 1.29 is 4.79 Å². The van der Waals surface area contributed by atoms with E-state index in [9.17, 15) is 4.79 Å². The molecule has 1 aromatic rings. The number of hydrogen-bond donors (Lipinski definition) is 0. The van der Waals surface area contributed by atoms with E-state index in [1.54, 1.807) is 0 Å². The fourth-order valence-corrected chi connectivity index (χ4v) is 3.48. The van der Waals surface area contributed by atoms with Gasteiger partial charge in [-0.15, -0.1) is 0 Å². The molecule has 2 rings (SSSR count). The molecule has 1 fully saturated rings. The first kappa shape index (κ1) is 16.2. The normalized spacial score (nSPS) is 26.1. The predicted octanol–water partition coefficient (Wildman–Crippen LogP) is 3.93. The number of carbonyl (C=O) groups is 1. The van der Waals surface area contributed by atoms with E-state index >= 15 is 0 Å². The maximum absolute atomic E-state index is 13.0. The molecule has 1 aromatic carbocycles. The van der Waals surface area contributed by atoms with Gasteiger partial charge >= 0.3 is 0 Å². The molecule has 0 amide bonds. The maximum atomic E-state index is 13.0. The summed E-state index contributed by atoms with van der Waals surface area (Å²) in [5, 5.41) is 0. The number of likely N-dealkylation sites (N-methyl/N-ethyl adjacent to an activating group) is 1. The van der Waals surface area contributed by atoms with Gasteiger partial charge in [-0.05, 0) is 76.2 Å². The van der Waals surface area contributed by atoms with Crippen molar-refractivity contribution in [3.8, 4) is 0 Å². The monoisotopic (exact) mass is 287 g/mol. The Hall–Kier alpha value is -1.15. The molecule has 1 aliphatic carbocycles. The number of hydrogen-bond acceptors (Lipinski definition) is 2. The lowest BCUT2D eigenvalue weighted by Crippen LogP contribution is -2.53. The van der Waals surface area contributed by atoms with Gasteiger partial charge in [0.05, 0.1) is 5.54 Å². The minimum atomic E-state index is -0.245. The molecule has 0 aromatic heterocycles. The highest BCUT2D eigenvalue weighted by atomic mass is 16.1. The minimum Gasteiger partial charge on any atom is -0.297 e. The quantitative estimate of drug-likeness (QED) is 0.836. The zero-order valence-corrected chi connectivity index (χ0v) is 14.2. The van der Waals surface area contributed by atoms with E-state index < -0.39 is 0 Å². The Labute approximate surface area is 129 Å². The number of nitrogens with zero attached hydrogens (tertiary/aromatic N) is 1. The third kappa shape index (κ3) is 3.37. The number of Topliss-reactive ketones (excluding diaryl/α,β-unsaturated/α-hetero) is 1. The third-order valence-electron chi connectivity index (χ3n) is 5.41. The van der Waals surface area contributed by atoms with E-state index in [1.807, 2.05) is 0 Å². The van der Waals surface area contributed by atoms with Gasteiger partial charge in [0.1, 0.15) is 0 Å². The van der Waals surface area contributed by atoms with Crippen LogP contribution in [0.4, 0.5) is 0 Å². The van der Waals surface area contributed by atoms with E-state index in [0.717, 1.165) is 37.2 Å². The zero-order chi connectivity index (χ0) is 15.6. The molecule has 0 atom stereocenters. The van der Waals surface area contributed by atoms with E-state index in [-0.39, 0.29) is 5.54 Å². The van der Waals surface area contributed by atoms with Gasteiger partial charge in [-0.25, -0.2) is 0 Å². The molecule has 2 nitrogen and oxygen atoms in total. The second-order valence-electron chi connectivity index (χ2n) is 7.13. The van der Waals surface area contributed by atoms with Crippen molar-refractivity contribution in [2.75, 3.05) is 14.1 Å². The van der Waals surface area contributed by atoms with Gasteiger partial charge in [0.2, 0.25) is 0 Å². The lowest BCUT2D eigenvalue weighted by Gasteiger charge is -2.43. The second-order valence-corrected chi connectivity index (χ2v) is 7.13. The van der Waals surface area contributed by atoms with Gasteiger partial charge < -0.3 is 0 Å². The molecule has 0 spiro atoms. The van der Waals surface area contributed by atoms with Crippen LogP contribution in [0.1, 0.15) is 49.3 Å². The zero-order valence-electron chi connectivity index (χ0n) is 14.2. The first-order valence-electron chi connectivity index (χ1n) is 8.12. The predicted molar refractivity (Wildman–Crippen MR) is 88.7 cm³/mol. The van der Waals surface area contributed by atoms with Crippen molar-refractivity contribution in [1.82, 2.24) is 4.90 Å². The van der Waals surface area contributed by atoms with Crippen LogP contribution in [0.25, 0.3) is 0 Å². The summed E-state index contributed by atoms with van der Waals surface area (Å²) >= 11 is 0. The maximum Gasteiger partial charge on any atom is 0.157 e. The summed E-state index contributed by atoms with van der Waals surface area (Å²) in [5.74, 6) is 1.15. The van der Waals surface area contributed by atoms with Crippen LogP contribution in [-0.4, -0.2) is 30.3 Å². The summed E-state index contributed by atoms with van der Waals surface area (Å²) in [5.41, 5.74) is 3.48. The van der Waals surface area contributed by atoms with Crippen molar-refractivity contribution in [3.63, 3.8) is 0 Å². The molecule has 21 heavy (non-hydrogen) atoms. The first-order valence-corrected chi connectivity index (χ1v) is 8.12. The van der Waals surface area contributed by atoms with Crippen LogP contribution in [0.3, 0.4) is 0 Å². The molecular formula is C19H29NO. The smallest absolute Gasteiger partial charge is 0.157 e. The Morgan fingerprint density at radius 1 is 1.19 bits per heavy atom. The number of ketones is 1. The molecule has 1 aliphatic rings. The lowest BCUT2D eigenvalue weighted by molar-refractivity contribution is -0.131. The molecule has 0 saturated heterocycles. The number of aryl methyl sites for hydroxylation is 2. The van der Waals surface area contributed by atoms with Gasteiger partial charge in [0, 0.05) is 6.42 Å². The molecule has 0 bridgehead atoms. The SMILES string of the molecule is Cc1ccc(CC(=O)C2(N(C)C)CCC(C)CC2)cc1C. The molecule has 0 unspecified atom stereocenters. The Bertz CT molecular complexity index is 510. The van der Waals surface area contributed by atoms with Crippen molar-refractivity contribution in [2.24, 2.45) is 5.92 Å². The summed E-state index contributed by atoms with van der Waals surface area (Å²) in [6.45, 7) is 6.53. The molecule has 1 saturated carbocycles. The third-order valence-corrected chi connectivity index (χ3v) is 5.41. The van der Waals surface area contributed by atoms with E-state index in [2.05, 4.69) is 58.0 Å². The Morgan fingerprint density at radius 2 is 1.81 bits per heavy atom. The van der Waals surface area contributed by atoms with Crippen LogP contribution in [0.5, 0.6) is 0 Å². The largest absolute Gasteiger partial charge is 0.297 e. The number of rotatable bonds is 4. The van der Waals surface area contributed by atoms with Crippen molar-refractivity contribution >= 4 is 5.78 Å². The van der Waals surface area contributed by atoms with Gasteiger partial charge in [0.15, 0.2) is 5.78 Å². The molecule has 116 valence electrons. The van der Waals surface area contributed by atoms with Gasteiger partial charge in [-0.2, -0.15) is 0 Å². The second kappa shape index (κ2) is 6.31. The van der Waals surface area contributed by atoms with Gasteiger partial charge in [-0.3, -0.25) is 9.69 Å². The fourth-order valence-electron chi connectivity index (χ4n) is 3.48. The lowest BCUT2D eigenvalue weighted by atomic mass is 9.72. The van der Waals surface area contributed by atoms with Crippen LogP contribution < -0.4 is 0 Å². The average Bonchev–Trinajstić information content (AvgIpc) is 2.43. The van der Waals surface area contributed by atoms with Crippen molar-refractivity contribution in [3.05, 3.63) is 34.9 Å². The highest BCUT2D eigenvalue weighted by molar-refractivity contribution is 5.90. The standard InChI is InChI=1S/C19H29NO/c1-14-8-10-19(11-9-14,20(4)5)18(21)13-17-7-6-15(2)16(3)12-17/h6-7,12,14H,8-11,13H2,1-5H3. The molecule has 2 heteroatoms. The summed E-state index contributed by atoms with van der Waals surface area (Å²) in [7, 11) is 4.13. The summed E-state index contributed by atoms with van der Waals surface area (Å²) in [6, 6.07) is 6.40. The average molecular weight is 287 g/mol. The van der Waals surface area contributed by atoms with Crippen LogP contribution in [-0.2, 0) is 11.2 Å². The summed E-state index contributed by atoms with van der Waals surface area (Å²) in [4.78, 5) is 15.2. The summed E-state index contributed by atoms with van der Waals surface area (Å²) in [6.07, 6.45) is 4.90. The highest BCUT2D eigenvalue weighted by Gasteiger charge is 2.42. The Kier molecular flexibility index (Phi) is 4.88. The highest BCUT2D eigenvalue weighted by Crippen LogP contribution is 2.36. The first-order chi connectivity index (χ1) is 9.85. The molecule has 0 heterocycles. The van der Waals surface area contributed by atoms with Crippen LogP contribution >= 0.6 is 0 Å². The van der Waals surface area contributed by atoms with Crippen LogP contribution in [0, 0.1) is 19.8 Å². The molecular weight excluding hydrogens is 258 g/mol. The molecule has 0 aliphatic heterocycles. The van der Waals surface area contributed by atoms with Crippen molar-refractivity contribution in [2.45, 2.75) is 58.4 Å². The van der Waals surface area contributed by atoms with E-state index in [1.165, 1.54) is 11.1 Å².